The summed E-state index contributed by atoms with van der Waals surface area (Å²) in [6.07, 6.45) is 9.36. The van der Waals surface area contributed by atoms with E-state index in [9.17, 15) is 5.11 Å². The van der Waals surface area contributed by atoms with Gasteiger partial charge in [-0.2, -0.15) is 0 Å². The van der Waals surface area contributed by atoms with Crippen LogP contribution in [0.4, 0.5) is 0 Å². The first kappa shape index (κ1) is 19.2. The Morgan fingerprint density at radius 2 is 1.68 bits per heavy atom. The molecule has 0 fully saturated rings. The van der Waals surface area contributed by atoms with E-state index in [1.807, 2.05) is 0 Å². The highest BCUT2D eigenvalue weighted by atomic mass is 16.3. The lowest BCUT2D eigenvalue weighted by atomic mass is 9.76. The van der Waals surface area contributed by atoms with Gasteiger partial charge in [-0.3, -0.25) is 0 Å². The van der Waals surface area contributed by atoms with E-state index in [4.69, 9.17) is 0 Å². The quantitative estimate of drug-likeness (QED) is 0.503. The summed E-state index contributed by atoms with van der Waals surface area (Å²) in [7, 11) is 0. The van der Waals surface area contributed by atoms with Crippen molar-refractivity contribution in [3.8, 4) is 0 Å². The highest BCUT2D eigenvalue weighted by Gasteiger charge is 2.32. The highest BCUT2D eigenvalue weighted by molar-refractivity contribution is 5.35. The summed E-state index contributed by atoms with van der Waals surface area (Å²) in [5.74, 6) is 0.253. The lowest BCUT2D eigenvalue weighted by Crippen LogP contribution is -2.33. The van der Waals surface area contributed by atoms with E-state index >= 15 is 0 Å². The van der Waals surface area contributed by atoms with Crippen molar-refractivity contribution in [2.45, 2.75) is 97.5 Å². The molecule has 0 saturated heterocycles. The van der Waals surface area contributed by atoms with Gasteiger partial charge >= 0.3 is 0 Å². The second-order valence-electron chi connectivity index (χ2n) is 7.22. The first-order valence-electron chi connectivity index (χ1n) is 9.22. The maximum absolute atomic E-state index is 11.1. The van der Waals surface area contributed by atoms with Crippen molar-refractivity contribution < 1.29 is 5.11 Å². The minimum Gasteiger partial charge on any atom is -0.390 e. The minimum atomic E-state index is -0.596. The maximum atomic E-state index is 11.1. The second-order valence-corrected chi connectivity index (χ2v) is 7.22. The van der Waals surface area contributed by atoms with E-state index in [-0.39, 0.29) is 5.92 Å². The third-order valence-corrected chi connectivity index (χ3v) is 4.92. The lowest BCUT2D eigenvalue weighted by Gasteiger charge is -2.34. The molecular weight excluding hydrogens is 268 g/mol. The molecule has 1 nitrogen and oxygen atoms in total. The van der Waals surface area contributed by atoms with Gasteiger partial charge in [0.1, 0.15) is 0 Å². The van der Waals surface area contributed by atoms with Crippen molar-refractivity contribution in [2.75, 3.05) is 0 Å². The van der Waals surface area contributed by atoms with Crippen molar-refractivity contribution >= 4 is 0 Å². The Morgan fingerprint density at radius 3 is 2.32 bits per heavy atom. The number of hydrogen-bond donors (Lipinski definition) is 1. The van der Waals surface area contributed by atoms with Crippen LogP contribution in [0, 0.1) is 13.8 Å². The van der Waals surface area contributed by atoms with Gasteiger partial charge in [-0.15, -0.1) is 0 Å². The zero-order valence-electron chi connectivity index (χ0n) is 15.4. The summed E-state index contributed by atoms with van der Waals surface area (Å²) < 4.78 is 0. The molecule has 0 amide bonds. The van der Waals surface area contributed by atoms with Gasteiger partial charge in [0, 0.05) is 5.92 Å². The molecule has 1 rings (SSSR count). The molecule has 0 aliphatic rings. The number of rotatable bonds is 10. The highest BCUT2D eigenvalue weighted by Crippen LogP contribution is 2.38. The molecule has 1 heteroatoms. The molecule has 22 heavy (non-hydrogen) atoms. The molecule has 2 atom stereocenters. The lowest BCUT2D eigenvalue weighted by molar-refractivity contribution is 0.0160. The van der Waals surface area contributed by atoms with Gasteiger partial charge in [0.15, 0.2) is 0 Å². The van der Waals surface area contributed by atoms with Crippen LogP contribution in [0.2, 0.25) is 0 Å². The molecule has 0 bridgehead atoms. The van der Waals surface area contributed by atoms with E-state index in [1.54, 1.807) is 0 Å². The first-order chi connectivity index (χ1) is 10.4. The third-order valence-electron chi connectivity index (χ3n) is 4.92. The average molecular weight is 305 g/mol. The molecule has 1 aromatic rings. The molecule has 0 radical (unpaired) electrons. The molecule has 0 aromatic heterocycles. The van der Waals surface area contributed by atoms with Crippen LogP contribution in [0.15, 0.2) is 18.2 Å². The molecule has 0 saturated carbocycles. The number of aryl methyl sites for hydroxylation is 2. The fourth-order valence-electron chi connectivity index (χ4n) is 3.49. The monoisotopic (exact) mass is 304 g/mol. The number of benzene rings is 1. The van der Waals surface area contributed by atoms with E-state index in [2.05, 4.69) is 52.8 Å². The van der Waals surface area contributed by atoms with Crippen molar-refractivity contribution in [3.63, 3.8) is 0 Å². The SMILES string of the molecule is CCCCCCCC(C)(O)C(CCC)c1cc(C)ccc1C. The van der Waals surface area contributed by atoms with Crippen molar-refractivity contribution in [1.82, 2.24) is 0 Å². The molecule has 0 spiro atoms. The summed E-state index contributed by atoms with van der Waals surface area (Å²) in [6.45, 7) is 10.8. The Balaban J connectivity index is 2.81. The van der Waals surface area contributed by atoms with Gasteiger partial charge in [-0.05, 0) is 44.7 Å². The van der Waals surface area contributed by atoms with Crippen LogP contribution in [-0.4, -0.2) is 10.7 Å². The Hall–Kier alpha value is -0.820. The van der Waals surface area contributed by atoms with Gasteiger partial charge in [-0.25, -0.2) is 0 Å². The van der Waals surface area contributed by atoms with Gasteiger partial charge in [-0.1, -0.05) is 76.1 Å². The number of aliphatic hydroxyl groups is 1. The summed E-state index contributed by atoms with van der Waals surface area (Å²) in [4.78, 5) is 0. The summed E-state index contributed by atoms with van der Waals surface area (Å²) in [5.41, 5.74) is 3.36. The van der Waals surface area contributed by atoms with Crippen LogP contribution in [0.3, 0.4) is 0 Å². The van der Waals surface area contributed by atoms with Crippen LogP contribution in [0.5, 0.6) is 0 Å². The Morgan fingerprint density at radius 1 is 1.00 bits per heavy atom. The van der Waals surface area contributed by atoms with E-state index < -0.39 is 5.60 Å². The molecule has 0 heterocycles. The fourth-order valence-corrected chi connectivity index (χ4v) is 3.49. The standard InChI is InChI=1S/C21H36O/c1-6-8-9-10-11-15-21(5,22)20(12-7-2)19-16-17(3)13-14-18(19)4/h13-14,16,20,22H,6-12,15H2,1-5H3. The van der Waals surface area contributed by atoms with Crippen LogP contribution < -0.4 is 0 Å². The van der Waals surface area contributed by atoms with E-state index in [1.165, 1.54) is 42.4 Å². The van der Waals surface area contributed by atoms with E-state index in [0.29, 0.717) is 0 Å². The summed E-state index contributed by atoms with van der Waals surface area (Å²) in [5, 5.41) is 11.1. The largest absolute Gasteiger partial charge is 0.390 e. The van der Waals surface area contributed by atoms with Gasteiger partial charge in [0.05, 0.1) is 5.60 Å². The smallest absolute Gasteiger partial charge is 0.0688 e. The molecule has 0 aliphatic carbocycles. The van der Waals surface area contributed by atoms with E-state index in [0.717, 1.165) is 25.7 Å². The minimum absolute atomic E-state index is 0.253. The normalized spacial score (nSPS) is 15.5. The first-order valence-corrected chi connectivity index (χ1v) is 9.22. The predicted octanol–water partition coefficient (Wildman–Crippen LogP) is 6.30. The zero-order chi connectivity index (χ0) is 16.6. The van der Waals surface area contributed by atoms with Crippen molar-refractivity contribution in [3.05, 3.63) is 34.9 Å². The van der Waals surface area contributed by atoms with Gasteiger partial charge in [0.2, 0.25) is 0 Å². The Kier molecular flexibility index (Phi) is 8.17. The Labute approximate surface area is 138 Å². The number of hydrogen-bond acceptors (Lipinski definition) is 1. The van der Waals surface area contributed by atoms with Crippen LogP contribution in [0.25, 0.3) is 0 Å². The molecule has 126 valence electrons. The molecular formula is C21H36O. The number of unbranched alkanes of at least 4 members (excludes halogenated alkanes) is 4. The van der Waals surface area contributed by atoms with Gasteiger partial charge in [0.25, 0.3) is 0 Å². The van der Waals surface area contributed by atoms with Crippen LogP contribution in [-0.2, 0) is 0 Å². The molecule has 2 unspecified atom stereocenters. The Bertz CT molecular complexity index is 434. The predicted molar refractivity (Wildman–Crippen MR) is 97.6 cm³/mol. The summed E-state index contributed by atoms with van der Waals surface area (Å²) in [6, 6.07) is 6.65. The maximum Gasteiger partial charge on any atom is 0.0688 e. The topological polar surface area (TPSA) is 20.2 Å². The average Bonchev–Trinajstić information content (AvgIpc) is 2.47. The van der Waals surface area contributed by atoms with Gasteiger partial charge < -0.3 is 5.11 Å². The van der Waals surface area contributed by atoms with Crippen molar-refractivity contribution in [1.29, 1.82) is 0 Å². The van der Waals surface area contributed by atoms with Crippen LogP contribution in [0.1, 0.15) is 94.7 Å². The zero-order valence-corrected chi connectivity index (χ0v) is 15.4. The molecule has 1 N–H and O–H groups in total. The third kappa shape index (κ3) is 5.76. The summed E-state index contributed by atoms with van der Waals surface area (Å²) >= 11 is 0. The fraction of sp³-hybridized carbons (Fsp3) is 0.714. The molecule has 1 aromatic carbocycles. The second kappa shape index (κ2) is 9.35. The molecule has 0 aliphatic heterocycles. The van der Waals surface area contributed by atoms with Crippen molar-refractivity contribution in [2.24, 2.45) is 0 Å². The van der Waals surface area contributed by atoms with Crippen LogP contribution >= 0.6 is 0 Å².